The first-order chi connectivity index (χ1) is 11.5. The molecule has 0 saturated carbocycles. The van der Waals surface area contributed by atoms with E-state index in [9.17, 15) is 9.59 Å². The number of benzene rings is 2. The smallest absolute Gasteiger partial charge is 0.255 e. The molecule has 0 spiro atoms. The molecule has 1 aliphatic heterocycles. The number of fused-ring (bicyclic) bond motifs is 1. The lowest BCUT2D eigenvalue weighted by Crippen LogP contribution is -2.40. The number of amides is 2. The fourth-order valence-electron chi connectivity index (χ4n) is 3.19. The number of likely N-dealkylation sites (N-methyl/N-ethyl adjacent to an activating group) is 1. The number of nitrogens with zero attached hydrogens (tertiary/aromatic N) is 1. The molecule has 0 aliphatic carbocycles. The third kappa shape index (κ3) is 2.78. The van der Waals surface area contributed by atoms with Gasteiger partial charge in [0.2, 0.25) is 5.91 Å². The second kappa shape index (κ2) is 6.65. The predicted molar refractivity (Wildman–Crippen MR) is 93.9 cm³/mol. The van der Waals surface area contributed by atoms with Crippen molar-refractivity contribution in [1.82, 2.24) is 10.2 Å². The molecule has 2 amide bonds. The Hall–Kier alpha value is -2.33. The van der Waals surface area contributed by atoms with Crippen LogP contribution in [0, 0.1) is 0 Å². The molecule has 2 aromatic rings. The second-order valence-electron chi connectivity index (χ2n) is 5.83. The fourth-order valence-corrected chi connectivity index (χ4v) is 3.37. The van der Waals surface area contributed by atoms with Gasteiger partial charge >= 0.3 is 0 Å². The van der Waals surface area contributed by atoms with Gasteiger partial charge in [-0.25, -0.2) is 0 Å². The van der Waals surface area contributed by atoms with Crippen LogP contribution in [0.15, 0.2) is 48.5 Å². The highest BCUT2D eigenvalue weighted by Crippen LogP contribution is 2.40. The van der Waals surface area contributed by atoms with Crippen molar-refractivity contribution >= 4 is 23.4 Å². The summed E-state index contributed by atoms with van der Waals surface area (Å²) in [6, 6.07) is 13.9. The van der Waals surface area contributed by atoms with Crippen LogP contribution in [-0.4, -0.2) is 23.3 Å². The second-order valence-corrected chi connectivity index (χ2v) is 6.26. The maximum atomic E-state index is 12.9. The molecule has 1 N–H and O–H groups in total. The molecular weight excluding hydrogens is 324 g/mol. The number of rotatable bonds is 4. The van der Waals surface area contributed by atoms with Crippen molar-refractivity contribution < 1.29 is 9.59 Å². The van der Waals surface area contributed by atoms with E-state index in [1.54, 1.807) is 23.1 Å². The Balaban J connectivity index is 2.07. The van der Waals surface area contributed by atoms with Crippen LogP contribution in [0.25, 0.3) is 0 Å². The van der Waals surface area contributed by atoms with Crippen molar-refractivity contribution in [3.63, 3.8) is 0 Å². The van der Waals surface area contributed by atoms with E-state index in [1.807, 2.05) is 44.2 Å². The molecule has 2 aromatic carbocycles. The maximum absolute atomic E-state index is 12.9. The van der Waals surface area contributed by atoms with Crippen molar-refractivity contribution in [3.05, 3.63) is 70.2 Å². The molecule has 3 rings (SSSR count). The first-order valence-electron chi connectivity index (χ1n) is 7.99. The molecular formula is C19H19ClN2O2. The molecule has 0 fully saturated rings. The highest BCUT2D eigenvalue weighted by atomic mass is 35.5. The zero-order valence-electron chi connectivity index (χ0n) is 13.6. The first-order valence-corrected chi connectivity index (χ1v) is 8.37. The number of carbonyl (C=O) groups is 2. The number of hydrogen-bond donors (Lipinski definition) is 1. The maximum Gasteiger partial charge on any atom is 0.255 e. The van der Waals surface area contributed by atoms with Crippen molar-refractivity contribution in [2.45, 2.75) is 25.9 Å². The Bertz CT molecular complexity index is 776. The summed E-state index contributed by atoms with van der Waals surface area (Å²) in [6.07, 6.45) is 0. The van der Waals surface area contributed by atoms with Gasteiger partial charge < -0.3 is 10.2 Å². The molecule has 1 aliphatic rings. The molecule has 0 bridgehead atoms. The molecule has 4 nitrogen and oxygen atoms in total. The van der Waals surface area contributed by atoms with Crippen LogP contribution in [0.4, 0.5) is 0 Å². The number of nitrogens with one attached hydrogen (secondary N) is 1. The molecule has 1 unspecified atom stereocenters. The molecule has 2 atom stereocenters. The third-order valence-corrected chi connectivity index (χ3v) is 4.58. The molecule has 5 heteroatoms. The lowest BCUT2D eigenvalue weighted by atomic mass is 10.0. The molecule has 0 saturated heterocycles. The summed E-state index contributed by atoms with van der Waals surface area (Å²) in [5.74, 6) is -0.330. The minimum atomic E-state index is -0.665. The number of hydrogen-bond acceptors (Lipinski definition) is 2. The van der Waals surface area contributed by atoms with Crippen LogP contribution in [0.2, 0.25) is 5.02 Å². The zero-order chi connectivity index (χ0) is 17.3. The number of halogens is 1. The number of carbonyl (C=O) groups excluding carboxylic acids is 2. The standard InChI is InChI=1S/C19H19ClN2O2/c1-3-21-18(23)17-16-11-14(20)9-10-15(16)19(24)22(17)12(2)13-7-5-4-6-8-13/h4-12,17H,3H2,1-2H3,(H,21,23)/t12-,17?/m1/s1. The van der Waals surface area contributed by atoms with Crippen molar-refractivity contribution in [2.24, 2.45) is 0 Å². The van der Waals surface area contributed by atoms with E-state index in [0.29, 0.717) is 22.7 Å². The van der Waals surface area contributed by atoms with Gasteiger partial charge in [0.05, 0.1) is 6.04 Å². The topological polar surface area (TPSA) is 49.4 Å². The zero-order valence-corrected chi connectivity index (χ0v) is 14.4. The van der Waals surface area contributed by atoms with Crippen LogP contribution < -0.4 is 5.32 Å². The van der Waals surface area contributed by atoms with E-state index in [2.05, 4.69) is 5.32 Å². The van der Waals surface area contributed by atoms with Crippen LogP contribution in [0.1, 0.15) is 47.4 Å². The quantitative estimate of drug-likeness (QED) is 0.920. The summed E-state index contributed by atoms with van der Waals surface area (Å²) in [4.78, 5) is 27.2. The molecule has 24 heavy (non-hydrogen) atoms. The minimum Gasteiger partial charge on any atom is -0.354 e. The van der Waals surface area contributed by atoms with Crippen molar-refractivity contribution in [1.29, 1.82) is 0 Å². The lowest BCUT2D eigenvalue weighted by molar-refractivity contribution is -0.126. The summed E-state index contributed by atoms with van der Waals surface area (Å²) in [7, 11) is 0. The SMILES string of the molecule is CCNC(=O)C1c2cc(Cl)ccc2C(=O)N1[C@H](C)c1ccccc1. The van der Waals surface area contributed by atoms with Gasteiger partial charge in [-0.15, -0.1) is 0 Å². The van der Waals surface area contributed by atoms with Gasteiger partial charge in [0.15, 0.2) is 0 Å². The minimum absolute atomic E-state index is 0.144. The van der Waals surface area contributed by atoms with E-state index in [4.69, 9.17) is 11.6 Å². The average molecular weight is 343 g/mol. The van der Waals surface area contributed by atoms with Crippen LogP contribution >= 0.6 is 11.6 Å². The summed E-state index contributed by atoms with van der Waals surface area (Å²) in [6.45, 7) is 4.30. The summed E-state index contributed by atoms with van der Waals surface area (Å²) < 4.78 is 0. The molecule has 0 radical (unpaired) electrons. The summed E-state index contributed by atoms with van der Waals surface area (Å²) >= 11 is 6.10. The van der Waals surface area contributed by atoms with E-state index in [-0.39, 0.29) is 17.9 Å². The van der Waals surface area contributed by atoms with Crippen molar-refractivity contribution in [2.75, 3.05) is 6.54 Å². The largest absolute Gasteiger partial charge is 0.354 e. The van der Waals surface area contributed by atoms with Crippen LogP contribution in [0.3, 0.4) is 0 Å². The van der Waals surface area contributed by atoms with E-state index in [0.717, 1.165) is 5.56 Å². The van der Waals surface area contributed by atoms with Gasteiger partial charge in [0.25, 0.3) is 5.91 Å². The fraction of sp³-hybridized carbons (Fsp3) is 0.263. The van der Waals surface area contributed by atoms with Gasteiger partial charge in [0.1, 0.15) is 6.04 Å². The van der Waals surface area contributed by atoms with Gasteiger partial charge in [0, 0.05) is 17.1 Å². The highest BCUT2D eigenvalue weighted by molar-refractivity contribution is 6.31. The van der Waals surface area contributed by atoms with Gasteiger partial charge in [-0.1, -0.05) is 41.9 Å². The Kier molecular flexibility index (Phi) is 4.58. The average Bonchev–Trinajstić information content (AvgIpc) is 2.87. The normalized spacial score (nSPS) is 17.5. The Labute approximate surface area is 146 Å². The first kappa shape index (κ1) is 16.5. The monoisotopic (exact) mass is 342 g/mol. The van der Waals surface area contributed by atoms with E-state index >= 15 is 0 Å². The molecule has 1 heterocycles. The summed E-state index contributed by atoms with van der Waals surface area (Å²) in [5, 5.41) is 3.35. The predicted octanol–water partition coefficient (Wildman–Crippen LogP) is 3.73. The summed E-state index contributed by atoms with van der Waals surface area (Å²) in [5.41, 5.74) is 2.19. The molecule has 0 aromatic heterocycles. The van der Waals surface area contributed by atoms with Crippen molar-refractivity contribution in [3.8, 4) is 0 Å². The van der Waals surface area contributed by atoms with Gasteiger partial charge in [-0.2, -0.15) is 0 Å². The van der Waals surface area contributed by atoms with E-state index in [1.165, 1.54) is 0 Å². The van der Waals surface area contributed by atoms with Gasteiger partial charge in [-0.05, 0) is 43.2 Å². The van der Waals surface area contributed by atoms with E-state index < -0.39 is 6.04 Å². The highest BCUT2D eigenvalue weighted by Gasteiger charge is 2.43. The lowest BCUT2D eigenvalue weighted by Gasteiger charge is -2.30. The third-order valence-electron chi connectivity index (χ3n) is 4.35. The van der Waals surface area contributed by atoms with Crippen LogP contribution in [-0.2, 0) is 4.79 Å². The van der Waals surface area contributed by atoms with Gasteiger partial charge in [-0.3, -0.25) is 9.59 Å². The Morgan fingerprint density at radius 3 is 2.62 bits per heavy atom. The van der Waals surface area contributed by atoms with Crippen LogP contribution in [0.5, 0.6) is 0 Å². The Morgan fingerprint density at radius 2 is 1.96 bits per heavy atom. The molecule has 124 valence electrons. The Morgan fingerprint density at radius 1 is 1.25 bits per heavy atom.